The highest BCUT2D eigenvalue weighted by Crippen LogP contribution is 2.25. The number of nitrogens with zero attached hydrogens (tertiary/aromatic N) is 4. The highest BCUT2D eigenvalue weighted by atomic mass is 35.5. The number of nitrogens with one attached hydrogen (secondary N) is 1. The number of carbonyl (C=O) groups is 1. The summed E-state index contributed by atoms with van der Waals surface area (Å²) < 4.78 is 1.39. The van der Waals surface area contributed by atoms with Gasteiger partial charge < -0.3 is 5.32 Å². The van der Waals surface area contributed by atoms with Crippen LogP contribution in [0.5, 0.6) is 0 Å². The fourth-order valence-electron chi connectivity index (χ4n) is 2.50. The van der Waals surface area contributed by atoms with Crippen LogP contribution in [0.1, 0.15) is 21.6 Å². The first-order valence-electron chi connectivity index (χ1n) is 7.70. The lowest BCUT2D eigenvalue weighted by molar-refractivity contribution is -0.385. The van der Waals surface area contributed by atoms with Gasteiger partial charge in [0.1, 0.15) is 5.82 Å². The predicted molar refractivity (Wildman–Crippen MR) is 102 cm³/mol. The summed E-state index contributed by atoms with van der Waals surface area (Å²) >= 11 is 12.1. The van der Waals surface area contributed by atoms with E-state index in [-0.39, 0.29) is 16.3 Å². The number of pyridine rings is 1. The van der Waals surface area contributed by atoms with Crippen LogP contribution in [0.15, 0.2) is 36.5 Å². The average molecular weight is 406 g/mol. The van der Waals surface area contributed by atoms with Crippen LogP contribution in [0.25, 0.3) is 5.82 Å². The van der Waals surface area contributed by atoms with Gasteiger partial charge in [0.05, 0.1) is 20.7 Å². The van der Waals surface area contributed by atoms with E-state index in [0.717, 1.165) is 0 Å². The number of nitro benzene ring substituents is 1. The van der Waals surface area contributed by atoms with Crippen LogP contribution in [0.3, 0.4) is 0 Å². The van der Waals surface area contributed by atoms with Crippen LogP contribution in [0, 0.1) is 24.0 Å². The number of amides is 1. The fraction of sp³-hybridized carbons (Fsp3) is 0.118. The van der Waals surface area contributed by atoms with Gasteiger partial charge in [-0.3, -0.25) is 14.9 Å². The molecule has 0 saturated carbocycles. The summed E-state index contributed by atoms with van der Waals surface area (Å²) in [6.45, 7) is 3.33. The molecule has 3 aromatic rings. The van der Waals surface area contributed by atoms with Crippen molar-refractivity contribution in [1.29, 1.82) is 0 Å². The Hall–Kier alpha value is -2.97. The molecule has 0 atom stereocenters. The molecule has 1 N–H and O–H groups in total. The van der Waals surface area contributed by atoms with Crippen molar-refractivity contribution in [3.63, 3.8) is 0 Å². The number of hydrogen-bond acceptors (Lipinski definition) is 5. The van der Waals surface area contributed by atoms with Crippen LogP contribution in [0.4, 0.5) is 11.5 Å². The van der Waals surface area contributed by atoms with Crippen LogP contribution < -0.4 is 5.32 Å². The number of benzene rings is 1. The Kier molecular flexibility index (Phi) is 5.11. The molecule has 0 fully saturated rings. The highest BCUT2D eigenvalue weighted by molar-refractivity contribution is 6.35. The Balaban J connectivity index is 1.93. The van der Waals surface area contributed by atoms with E-state index >= 15 is 0 Å². The molecular formula is C17H13Cl2N5O3. The molecule has 2 aromatic heterocycles. The second-order valence-corrected chi connectivity index (χ2v) is 6.60. The fourth-order valence-corrected chi connectivity index (χ4v) is 2.96. The van der Waals surface area contributed by atoms with E-state index in [2.05, 4.69) is 15.4 Å². The van der Waals surface area contributed by atoms with Crippen LogP contribution in [-0.2, 0) is 0 Å². The Morgan fingerprint density at radius 2 is 1.96 bits per heavy atom. The minimum atomic E-state index is -0.496. The molecule has 138 valence electrons. The van der Waals surface area contributed by atoms with E-state index < -0.39 is 10.8 Å². The van der Waals surface area contributed by atoms with Gasteiger partial charge in [-0.05, 0) is 32.0 Å². The van der Waals surface area contributed by atoms with E-state index in [1.165, 1.54) is 35.1 Å². The van der Waals surface area contributed by atoms with Crippen LogP contribution in [0.2, 0.25) is 10.0 Å². The van der Waals surface area contributed by atoms with Gasteiger partial charge in [-0.2, -0.15) is 9.78 Å². The maximum Gasteiger partial charge on any atom is 0.272 e. The third-order valence-corrected chi connectivity index (χ3v) is 4.20. The number of aryl methyl sites for hydroxylation is 2. The van der Waals surface area contributed by atoms with Crippen molar-refractivity contribution in [1.82, 2.24) is 14.8 Å². The largest absolute Gasteiger partial charge is 0.306 e. The van der Waals surface area contributed by atoms with Crippen LogP contribution in [-0.4, -0.2) is 25.6 Å². The topological polar surface area (TPSA) is 103 Å². The molecule has 0 unspecified atom stereocenters. The summed E-state index contributed by atoms with van der Waals surface area (Å²) in [5.74, 6) is 0.216. The molecule has 8 nitrogen and oxygen atoms in total. The number of aromatic nitrogens is 3. The zero-order valence-electron chi connectivity index (χ0n) is 14.2. The average Bonchev–Trinajstić information content (AvgIpc) is 2.94. The normalized spacial score (nSPS) is 10.7. The Bertz CT molecular complexity index is 1060. The van der Waals surface area contributed by atoms with Crippen molar-refractivity contribution in [2.24, 2.45) is 0 Å². The minimum Gasteiger partial charge on any atom is -0.306 e. The number of hydrogen-bond donors (Lipinski definition) is 1. The van der Waals surface area contributed by atoms with Crippen molar-refractivity contribution in [2.45, 2.75) is 13.8 Å². The minimum absolute atomic E-state index is 0.0513. The molecule has 10 heteroatoms. The Morgan fingerprint density at radius 1 is 1.22 bits per heavy atom. The van der Waals surface area contributed by atoms with Gasteiger partial charge in [0.2, 0.25) is 0 Å². The highest BCUT2D eigenvalue weighted by Gasteiger charge is 2.18. The van der Waals surface area contributed by atoms with Crippen molar-refractivity contribution in [3.05, 3.63) is 73.5 Å². The summed E-state index contributed by atoms with van der Waals surface area (Å²) in [6.07, 6.45) is 1.42. The van der Waals surface area contributed by atoms with Gasteiger partial charge in [0.15, 0.2) is 5.82 Å². The van der Waals surface area contributed by atoms with Crippen molar-refractivity contribution >= 4 is 40.6 Å². The first-order valence-corrected chi connectivity index (χ1v) is 8.46. The smallest absolute Gasteiger partial charge is 0.272 e. The third-order valence-electron chi connectivity index (χ3n) is 3.72. The van der Waals surface area contributed by atoms with E-state index in [0.29, 0.717) is 27.9 Å². The quantitative estimate of drug-likeness (QED) is 0.513. The Morgan fingerprint density at radius 3 is 2.59 bits per heavy atom. The summed E-state index contributed by atoms with van der Waals surface area (Å²) in [6, 6.07) is 7.32. The first kappa shape index (κ1) is 18.8. The molecule has 0 radical (unpaired) electrons. The number of nitro groups is 1. The first-order chi connectivity index (χ1) is 12.8. The van der Waals surface area contributed by atoms with Crippen molar-refractivity contribution < 1.29 is 9.72 Å². The van der Waals surface area contributed by atoms with Gasteiger partial charge in [-0.25, -0.2) is 4.98 Å². The number of rotatable bonds is 4. The van der Waals surface area contributed by atoms with E-state index in [4.69, 9.17) is 23.2 Å². The van der Waals surface area contributed by atoms with Crippen molar-refractivity contribution in [2.75, 3.05) is 5.32 Å². The van der Waals surface area contributed by atoms with Gasteiger partial charge in [0, 0.05) is 29.5 Å². The summed E-state index contributed by atoms with van der Waals surface area (Å²) in [4.78, 5) is 27.2. The van der Waals surface area contributed by atoms with E-state index in [1.54, 1.807) is 19.9 Å². The molecular weight excluding hydrogens is 393 g/mol. The number of carbonyl (C=O) groups excluding carboxylic acids is 1. The van der Waals surface area contributed by atoms with Crippen LogP contribution >= 0.6 is 23.2 Å². The third kappa shape index (κ3) is 3.91. The summed E-state index contributed by atoms with van der Waals surface area (Å²) in [7, 11) is 0. The number of anilines is 1. The van der Waals surface area contributed by atoms with Crippen molar-refractivity contribution in [3.8, 4) is 5.82 Å². The lowest BCUT2D eigenvalue weighted by Crippen LogP contribution is -2.16. The molecule has 2 heterocycles. The van der Waals surface area contributed by atoms with Gasteiger partial charge >= 0.3 is 0 Å². The molecule has 27 heavy (non-hydrogen) atoms. The maximum absolute atomic E-state index is 12.6. The lowest BCUT2D eigenvalue weighted by atomic mass is 10.1. The van der Waals surface area contributed by atoms with E-state index in [1.807, 2.05) is 0 Å². The molecule has 1 amide bonds. The maximum atomic E-state index is 12.6. The second kappa shape index (κ2) is 7.34. The Labute approximate surface area is 163 Å². The van der Waals surface area contributed by atoms with E-state index in [9.17, 15) is 14.9 Å². The summed E-state index contributed by atoms with van der Waals surface area (Å²) in [5, 5.41) is 18.6. The molecule has 0 bridgehead atoms. The van der Waals surface area contributed by atoms with Gasteiger partial charge in [-0.15, -0.1) is 0 Å². The zero-order chi connectivity index (χ0) is 19.7. The van der Waals surface area contributed by atoms with Gasteiger partial charge in [-0.1, -0.05) is 23.2 Å². The SMILES string of the molecule is Cc1cc(NC(=O)c2ccc([N+](=O)[O-])c(C)c2)n(-c2ncc(Cl)cc2Cl)n1. The van der Waals surface area contributed by atoms with Gasteiger partial charge in [0.25, 0.3) is 11.6 Å². The predicted octanol–water partition coefficient (Wildman–Crippen LogP) is 4.35. The summed E-state index contributed by atoms with van der Waals surface area (Å²) in [5.41, 5.74) is 1.25. The molecule has 0 aliphatic carbocycles. The zero-order valence-corrected chi connectivity index (χ0v) is 15.7. The second-order valence-electron chi connectivity index (χ2n) is 5.75. The molecule has 0 aliphatic heterocycles. The molecule has 0 aliphatic rings. The molecule has 0 spiro atoms. The lowest BCUT2D eigenvalue weighted by Gasteiger charge is -2.10. The number of halogens is 2. The molecule has 3 rings (SSSR count). The molecule has 1 aromatic carbocycles. The standard InChI is InChI=1S/C17H13Cl2N5O3/c1-9-5-11(3-4-14(9)24(26)27)17(25)21-15-6-10(2)22-23(15)16-13(19)7-12(18)8-20-16/h3-8H,1-2H3,(H,21,25). The monoisotopic (exact) mass is 405 g/mol. The molecule has 0 saturated heterocycles.